The fourth-order valence-electron chi connectivity index (χ4n) is 7.19. The number of likely N-dealkylation sites (tertiary alicyclic amines) is 2. The first-order valence-corrected chi connectivity index (χ1v) is 16.0. The lowest BCUT2D eigenvalue weighted by Gasteiger charge is -2.39. The predicted molar refractivity (Wildman–Crippen MR) is 174 cm³/mol. The summed E-state index contributed by atoms with van der Waals surface area (Å²) < 4.78 is 55.4. The molecule has 10 heteroatoms. The molecule has 2 fully saturated rings. The molecule has 46 heavy (non-hydrogen) atoms. The van der Waals surface area contributed by atoms with E-state index in [9.17, 15) is 13.2 Å². The Morgan fingerprint density at radius 2 is 1.43 bits per heavy atom. The minimum atomic E-state index is -4.72. The highest BCUT2D eigenvalue weighted by Crippen LogP contribution is 2.42. The molecule has 4 aromatic rings. The van der Waals surface area contributed by atoms with Crippen molar-refractivity contribution >= 4 is 10.9 Å². The van der Waals surface area contributed by atoms with Gasteiger partial charge in [0.15, 0.2) is 0 Å². The van der Waals surface area contributed by atoms with Crippen LogP contribution in [0.3, 0.4) is 0 Å². The molecule has 0 aliphatic carbocycles. The zero-order chi connectivity index (χ0) is 32.3. The summed E-state index contributed by atoms with van der Waals surface area (Å²) in [7, 11) is 3.37. The Kier molecular flexibility index (Phi) is 9.49. The minimum absolute atomic E-state index is 0.224. The molecule has 3 heterocycles. The number of rotatable bonds is 11. The molecule has 2 aliphatic heterocycles. The van der Waals surface area contributed by atoms with Crippen LogP contribution in [0.25, 0.3) is 22.0 Å². The highest BCUT2D eigenvalue weighted by molar-refractivity contribution is 5.96. The Morgan fingerprint density at radius 1 is 0.783 bits per heavy atom. The number of fused-ring (bicyclic) bond motifs is 1. The molecular formula is C36H43F3N4O3. The minimum Gasteiger partial charge on any atom is -0.497 e. The third-order valence-electron chi connectivity index (χ3n) is 9.61. The van der Waals surface area contributed by atoms with Crippen LogP contribution in [0.5, 0.6) is 17.2 Å². The zero-order valence-electron chi connectivity index (χ0n) is 26.6. The molecule has 1 spiro atoms. The largest absolute Gasteiger partial charge is 0.573 e. The van der Waals surface area contributed by atoms with Crippen molar-refractivity contribution in [3.63, 3.8) is 0 Å². The third kappa shape index (κ3) is 7.45. The van der Waals surface area contributed by atoms with Gasteiger partial charge in [-0.2, -0.15) is 0 Å². The lowest BCUT2D eigenvalue weighted by Crippen LogP contribution is -2.41. The molecule has 3 aromatic carbocycles. The van der Waals surface area contributed by atoms with Gasteiger partial charge in [-0.15, -0.1) is 13.2 Å². The van der Waals surface area contributed by atoms with E-state index in [0.29, 0.717) is 12.0 Å². The number of aromatic nitrogens is 1. The first kappa shape index (κ1) is 32.2. The molecule has 0 atom stereocenters. The van der Waals surface area contributed by atoms with E-state index in [0.717, 1.165) is 85.8 Å². The summed E-state index contributed by atoms with van der Waals surface area (Å²) in [6, 6.07) is 18.9. The maximum absolute atomic E-state index is 12.7. The summed E-state index contributed by atoms with van der Waals surface area (Å²) in [4.78, 5) is 5.12. The molecular weight excluding hydrogens is 593 g/mol. The van der Waals surface area contributed by atoms with Crippen LogP contribution in [0.15, 0.2) is 66.9 Å². The zero-order valence-corrected chi connectivity index (χ0v) is 26.6. The summed E-state index contributed by atoms with van der Waals surface area (Å²) in [5.74, 6) is 1.42. The number of methoxy groups -OCH3 is 2. The average Bonchev–Trinajstić information content (AvgIpc) is 3.61. The number of halogens is 3. The molecule has 2 saturated heterocycles. The lowest BCUT2D eigenvalue weighted by atomic mass is 9.77. The highest BCUT2D eigenvalue weighted by atomic mass is 19.4. The second kappa shape index (κ2) is 13.6. The Labute approximate surface area is 268 Å². The number of ether oxygens (including phenoxy) is 3. The van der Waals surface area contributed by atoms with E-state index in [1.807, 2.05) is 6.07 Å². The first-order valence-electron chi connectivity index (χ1n) is 16.0. The molecule has 0 unspecified atom stereocenters. The molecule has 0 radical (unpaired) electrons. The van der Waals surface area contributed by atoms with Crippen LogP contribution in [-0.4, -0.2) is 67.7 Å². The molecule has 7 nitrogen and oxygen atoms in total. The van der Waals surface area contributed by atoms with E-state index in [2.05, 4.69) is 55.6 Å². The van der Waals surface area contributed by atoms with Crippen molar-refractivity contribution in [3.05, 3.63) is 78.0 Å². The van der Waals surface area contributed by atoms with Crippen LogP contribution < -0.4 is 19.9 Å². The lowest BCUT2D eigenvalue weighted by molar-refractivity contribution is -0.274. The number of hydrogen-bond acceptors (Lipinski definition) is 6. The van der Waals surface area contributed by atoms with E-state index < -0.39 is 6.36 Å². The van der Waals surface area contributed by atoms with E-state index in [-0.39, 0.29) is 5.75 Å². The summed E-state index contributed by atoms with van der Waals surface area (Å²) in [5, 5.41) is 1.09. The SMILES string of the molecule is COc1cc(CN2CCC3(CC2)CCN(Cc2ccc4c(c2)c(-c2ccc(OC(F)(F)F)cc2)cn4CCCN)C3)cc(OC)c1. The van der Waals surface area contributed by atoms with Gasteiger partial charge in [0.05, 0.1) is 14.2 Å². The monoisotopic (exact) mass is 636 g/mol. The average molecular weight is 637 g/mol. The van der Waals surface area contributed by atoms with Gasteiger partial charge in [0.1, 0.15) is 17.2 Å². The topological polar surface area (TPSA) is 65.1 Å². The molecule has 2 aliphatic rings. The number of nitrogens with zero attached hydrogens (tertiary/aromatic N) is 3. The number of nitrogens with two attached hydrogens (primary N) is 1. The maximum atomic E-state index is 12.7. The van der Waals surface area contributed by atoms with E-state index in [1.54, 1.807) is 26.4 Å². The van der Waals surface area contributed by atoms with Crippen molar-refractivity contribution in [1.82, 2.24) is 14.4 Å². The second-order valence-corrected chi connectivity index (χ2v) is 12.8. The van der Waals surface area contributed by atoms with E-state index >= 15 is 0 Å². The molecule has 6 rings (SSSR count). The Hall–Kier alpha value is -3.73. The van der Waals surface area contributed by atoms with Crippen LogP contribution in [0.2, 0.25) is 0 Å². The van der Waals surface area contributed by atoms with Gasteiger partial charge >= 0.3 is 6.36 Å². The van der Waals surface area contributed by atoms with Gasteiger partial charge in [0.25, 0.3) is 0 Å². The second-order valence-electron chi connectivity index (χ2n) is 12.8. The van der Waals surface area contributed by atoms with Crippen molar-refractivity contribution in [2.75, 3.05) is 46.9 Å². The Bertz CT molecular complexity index is 1610. The molecule has 2 N–H and O–H groups in total. The normalized spacial score (nSPS) is 17.2. The smallest absolute Gasteiger partial charge is 0.497 e. The first-order chi connectivity index (χ1) is 22.2. The van der Waals surface area contributed by atoms with Crippen molar-refractivity contribution in [1.29, 1.82) is 0 Å². The van der Waals surface area contributed by atoms with Gasteiger partial charge in [0.2, 0.25) is 0 Å². The van der Waals surface area contributed by atoms with E-state index in [1.165, 1.54) is 42.5 Å². The summed E-state index contributed by atoms with van der Waals surface area (Å²) in [6.07, 6.45) is 1.79. The molecule has 0 bridgehead atoms. The van der Waals surface area contributed by atoms with Gasteiger partial charge in [-0.25, -0.2) is 0 Å². The van der Waals surface area contributed by atoms with Crippen LogP contribution >= 0.6 is 0 Å². The Balaban J connectivity index is 1.13. The number of hydrogen-bond donors (Lipinski definition) is 1. The predicted octanol–water partition coefficient (Wildman–Crippen LogP) is 7.06. The van der Waals surface area contributed by atoms with Crippen LogP contribution in [0.4, 0.5) is 13.2 Å². The van der Waals surface area contributed by atoms with Crippen molar-refractivity contribution < 1.29 is 27.4 Å². The number of alkyl halides is 3. The summed E-state index contributed by atoms with van der Waals surface area (Å²) in [5.41, 5.74) is 11.5. The van der Waals surface area contributed by atoms with Gasteiger partial charge in [-0.05, 0) is 110 Å². The third-order valence-corrected chi connectivity index (χ3v) is 9.61. The van der Waals surface area contributed by atoms with Crippen molar-refractivity contribution in [2.45, 2.75) is 51.7 Å². The van der Waals surface area contributed by atoms with Crippen LogP contribution in [-0.2, 0) is 19.6 Å². The van der Waals surface area contributed by atoms with Gasteiger partial charge in [0, 0.05) is 54.9 Å². The standard InChI is InChI=1S/C36H43F3N4O3/c1-44-30-18-27(19-31(21-30)45-2)23-41-15-10-35(11-16-41)12-17-42(25-35)22-26-4-9-34-32(20-26)33(24-43(34)14-3-13-40)28-5-7-29(8-6-28)46-36(37,38)39/h4-9,18-21,24H,3,10-17,22-23,25,40H2,1-2H3. The molecule has 246 valence electrons. The van der Waals surface area contributed by atoms with Gasteiger partial charge < -0.3 is 24.5 Å². The molecule has 1 aromatic heterocycles. The molecule has 0 amide bonds. The quantitative estimate of drug-likeness (QED) is 0.190. The number of aryl methyl sites for hydroxylation is 1. The summed E-state index contributed by atoms with van der Waals surface area (Å²) >= 11 is 0. The Morgan fingerprint density at radius 3 is 2.07 bits per heavy atom. The van der Waals surface area contributed by atoms with Crippen molar-refractivity contribution in [3.8, 4) is 28.4 Å². The number of benzene rings is 3. The van der Waals surface area contributed by atoms with Crippen LogP contribution in [0.1, 0.15) is 36.8 Å². The van der Waals surface area contributed by atoms with Crippen LogP contribution in [0, 0.1) is 5.41 Å². The highest BCUT2D eigenvalue weighted by Gasteiger charge is 2.40. The van der Waals surface area contributed by atoms with Gasteiger partial charge in [-0.1, -0.05) is 18.2 Å². The summed E-state index contributed by atoms with van der Waals surface area (Å²) in [6.45, 7) is 7.44. The maximum Gasteiger partial charge on any atom is 0.573 e. The van der Waals surface area contributed by atoms with Gasteiger partial charge in [-0.3, -0.25) is 9.80 Å². The van der Waals surface area contributed by atoms with E-state index in [4.69, 9.17) is 15.2 Å². The fraction of sp³-hybridized carbons (Fsp3) is 0.444. The van der Waals surface area contributed by atoms with Crippen molar-refractivity contribution in [2.24, 2.45) is 11.1 Å². The molecule has 0 saturated carbocycles. The number of piperidine rings is 1. The fourth-order valence-corrected chi connectivity index (χ4v) is 7.19.